The van der Waals surface area contributed by atoms with E-state index in [4.69, 9.17) is 27.9 Å². The third-order valence-electron chi connectivity index (χ3n) is 3.83. The van der Waals surface area contributed by atoms with Crippen LogP contribution in [0, 0.1) is 0 Å². The summed E-state index contributed by atoms with van der Waals surface area (Å²) in [6.45, 7) is 2.27. The molecule has 1 atom stereocenters. The molecule has 2 heterocycles. The number of halogens is 2. The molecule has 3 rings (SSSR count). The first-order chi connectivity index (χ1) is 12.1. The van der Waals surface area contributed by atoms with E-state index in [0.29, 0.717) is 18.0 Å². The number of nitrogens with one attached hydrogen (secondary N) is 2. The number of ether oxygens (including phenoxy) is 1. The van der Waals surface area contributed by atoms with Crippen molar-refractivity contribution in [2.45, 2.75) is 26.0 Å². The summed E-state index contributed by atoms with van der Waals surface area (Å²) in [6, 6.07) is 9.44. The molecule has 130 valence electrons. The van der Waals surface area contributed by atoms with Crippen LogP contribution in [0.3, 0.4) is 0 Å². The van der Waals surface area contributed by atoms with Crippen molar-refractivity contribution in [2.24, 2.45) is 0 Å². The predicted molar refractivity (Wildman–Crippen MR) is 99.1 cm³/mol. The van der Waals surface area contributed by atoms with E-state index in [-0.39, 0.29) is 16.8 Å². The predicted octanol–water partition coefficient (Wildman–Crippen LogP) is 4.34. The number of aromatic nitrogens is 2. The number of amides is 1. The van der Waals surface area contributed by atoms with Crippen molar-refractivity contribution < 1.29 is 9.53 Å². The highest BCUT2D eigenvalue weighted by atomic mass is 35.5. The standard InChI is InChI=1S/C18H17Cl2N3O2/c1-2-16(25-18-14(20)8-12(19)10-23-18)17(24)22-9-11-4-3-5-15-13(11)6-7-21-15/h3-8,10,16,21H,2,9H2,1H3,(H,22,24). The molecule has 1 amide bonds. The molecule has 0 aliphatic rings. The van der Waals surface area contributed by atoms with E-state index in [1.807, 2.05) is 37.4 Å². The summed E-state index contributed by atoms with van der Waals surface area (Å²) in [6.07, 6.45) is 3.11. The lowest BCUT2D eigenvalue weighted by atomic mass is 10.1. The summed E-state index contributed by atoms with van der Waals surface area (Å²) in [5.74, 6) is -0.0244. The molecule has 25 heavy (non-hydrogen) atoms. The molecule has 0 saturated heterocycles. The third-order valence-corrected chi connectivity index (χ3v) is 4.31. The maximum atomic E-state index is 12.5. The van der Waals surface area contributed by atoms with Crippen LogP contribution in [-0.4, -0.2) is 22.0 Å². The van der Waals surface area contributed by atoms with Crippen molar-refractivity contribution in [3.8, 4) is 5.88 Å². The molecule has 0 radical (unpaired) electrons. The van der Waals surface area contributed by atoms with Crippen LogP contribution in [0.15, 0.2) is 42.7 Å². The molecule has 0 fully saturated rings. The second kappa shape index (κ2) is 7.76. The van der Waals surface area contributed by atoms with Gasteiger partial charge in [-0.05, 0) is 30.2 Å². The summed E-state index contributed by atoms with van der Waals surface area (Å²) >= 11 is 11.9. The maximum Gasteiger partial charge on any atom is 0.261 e. The molecule has 1 unspecified atom stereocenters. The van der Waals surface area contributed by atoms with Gasteiger partial charge in [-0.25, -0.2) is 4.98 Å². The number of fused-ring (bicyclic) bond motifs is 1. The Morgan fingerprint density at radius 1 is 1.36 bits per heavy atom. The lowest BCUT2D eigenvalue weighted by molar-refractivity contribution is -0.128. The molecular weight excluding hydrogens is 361 g/mol. The van der Waals surface area contributed by atoms with E-state index in [1.54, 1.807) is 0 Å². The number of carbonyl (C=O) groups is 1. The van der Waals surface area contributed by atoms with E-state index in [1.165, 1.54) is 12.3 Å². The summed E-state index contributed by atoms with van der Waals surface area (Å²) in [5, 5.41) is 4.68. The van der Waals surface area contributed by atoms with Gasteiger partial charge in [-0.3, -0.25) is 4.79 Å². The third kappa shape index (κ3) is 4.06. The van der Waals surface area contributed by atoms with Gasteiger partial charge in [-0.1, -0.05) is 42.3 Å². The molecule has 7 heteroatoms. The monoisotopic (exact) mass is 377 g/mol. The van der Waals surface area contributed by atoms with Crippen molar-refractivity contribution in [1.82, 2.24) is 15.3 Å². The lowest BCUT2D eigenvalue weighted by Crippen LogP contribution is -2.37. The Morgan fingerprint density at radius 3 is 2.96 bits per heavy atom. The van der Waals surface area contributed by atoms with Crippen LogP contribution in [-0.2, 0) is 11.3 Å². The number of carbonyl (C=O) groups excluding carboxylic acids is 1. The van der Waals surface area contributed by atoms with Crippen molar-refractivity contribution in [2.75, 3.05) is 0 Å². The Balaban J connectivity index is 1.67. The first-order valence-electron chi connectivity index (χ1n) is 7.89. The number of rotatable bonds is 6. The van der Waals surface area contributed by atoms with Crippen molar-refractivity contribution >= 4 is 40.0 Å². The quantitative estimate of drug-likeness (QED) is 0.671. The molecule has 0 spiro atoms. The summed E-state index contributed by atoms with van der Waals surface area (Å²) in [7, 11) is 0. The highest BCUT2D eigenvalue weighted by Gasteiger charge is 2.20. The maximum absolute atomic E-state index is 12.5. The summed E-state index contributed by atoms with van der Waals surface area (Å²) in [4.78, 5) is 19.6. The number of nitrogens with zero attached hydrogens (tertiary/aromatic N) is 1. The SMILES string of the molecule is CCC(Oc1ncc(Cl)cc1Cl)C(=O)NCc1cccc2[nH]ccc12. The van der Waals surface area contributed by atoms with E-state index < -0.39 is 6.10 Å². The minimum Gasteiger partial charge on any atom is -0.463 e. The van der Waals surface area contributed by atoms with Gasteiger partial charge in [0, 0.05) is 29.8 Å². The Hall–Kier alpha value is -2.24. The van der Waals surface area contributed by atoms with Crippen molar-refractivity contribution in [3.05, 3.63) is 58.3 Å². The zero-order chi connectivity index (χ0) is 17.8. The minimum absolute atomic E-state index is 0.195. The fourth-order valence-electron chi connectivity index (χ4n) is 2.55. The van der Waals surface area contributed by atoms with Crippen LogP contribution in [0.4, 0.5) is 0 Å². The van der Waals surface area contributed by atoms with Crippen LogP contribution in [0.2, 0.25) is 10.0 Å². The van der Waals surface area contributed by atoms with E-state index in [2.05, 4.69) is 15.3 Å². The number of pyridine rings is 1. The largest absolute Gasteiger partial charge is 0.463 e. The van der Waals surface area contributed by atoms with Crippen molar-refractivity contribution in [1.29, 1.82) is 0 Å². The molecule has 2 N–H and O–H groups in total. The summed E-state index contributed by atoms with van der Waals surface area (Å²) in [5.41, 5.74) is 2.07. The van der Waals surface area contributed by atoms with Gasteiger partial charge in [0.15, 0.2) is 6.10 Å². The average Bonchev–Trinajstić information content (AvgIpc) is 3.08. The highest BCUT2D eigenvalue weighted by Crippen LogP contribution is 2.26. The van der Waals surface area contributed by atoms with E-state index in [0.717, 1.165) is 16.5 Å². The summed E-state index contributed by atoms with van der Waals surface area (Å²) < 4.78 is 5.65. The van der Waals surface area contributed by atoms with Gasteiger partial charge < -0.3 is 15.0 Å². The number of H-pyrrole nitrogens is 1. The second-order valence-corrected chi connectivity index (χ2v) is 6.37. The molecule has 5 nitrogen and oxygen atoms in total. The highest BCUT2D eigenvalue weighted by molar-refractivity contribution is 6.35. The fourth-order valence-corrected chi connectivity index (χ4v) is 2.97. The number of hydrogen-bond acceptors (Lipinski definition) is 3. The number of benzene rings is 1. The smallest absolute Gasteiger partial charge is 0.261 e. The molecule has 0 aliphatic carbocycles. The zero-order valence-electron chi connectivity index (χ0n) is 13.6. The molecule has 0 aliphatic heterocycles. The van der Waals surface area contributed by atoms with Gasteiger partial charge in [0.25, 0.3) is 5.91 Å². The van der Waals surface area contributed by atoms with E-state index >= 15 is 0 Å². The fraction of sp³-hybridized carbons (Fsp3) is 0.222. The molecule has 0 saturated carbocycles. The van der Waals surface area contributed by atoms with Crippen LogP contribution in [0.25, 0.3) is 10.9 Å². The first-order valence-corrected chi connectivity index (χ1v) is 8.64. The Kier molecular flexibility index (Phi) is 5.46. The van der Waals surface area contributed by atoms with Gasteiger partial charge in [-0.2, -0.15) is 0 Å². The molecular formula is C18H17Cl2N3O2. The molecule has 0 bridgehead atoms. The topological polar surface area (TPSA) is 67.0 Å². The van der Waals surface area contributed by atoms with Gasteiger partial charge in [0.05, 0.1) is 5.02 Å². The first kappa shape index (κ1) is 17.6. The second-order valence-electron chi connectivity index (χ2n) is 5.53. The van der Waals surface area contributed by atoms with Crippen LogP contribution in [0.1, 0.15) is 18.9 Å². The van der Waals surface area contributed by atoms with Gasteiger partial charge >= 0.3 is 0 Å². The average molecular weight is 378 g/mol. The van der Waals surface area contributed by atoms with Crippen LogP contribution in [0.5, 0.6) is 5.88 Å². The lowest BCUT2D eigenvalue weighted by Gasteiger charge is -2.17. The Bertz CT molecular complexity index is 895. The van der Waals surface area contributed by atoms with Gasteiger partial charge in [0.1, 0.15) is 5.02 Å². The van der Waals surface area contributed by atoms with Gasteiger partial charge in [-0.15, -0.1) is 0 Å². The van der Waals surface area contributed by atoms with Crippen molar-refractivity contribution in [3.63, 3.8) is 0 Å². The number of aromatic amines is 1. The van der Waals surface area contributed by atoms with E-state index in [9.17, 15) is 4.79 Å². The molecule has 3 aromatic rings. The van der Waals surface area contributed by atoms with Crippen LogP contribution < -0.4 is 10.1 Å². The zero-order valence-corrected chi connectivity index (χ0v) is 15.1. The Morgan fingerprint density at radius 2 is 2.20 bits per heavy atom. The number of hydrogen-bond donors (Lipinski definition) is 2. The minimum atomic E-state index is -0.684. The Labute approximate surface area is 155 Å². The molecule has 1 aromatic carbocycles. The van der Waals surface area contributed by atoms with Crippen LogP contribution >= 0.6 is 23.2 Å². The van der Waals surface area contributed by atoms with Gasteiger partial charge in [0.2, 0.25) is 5.88 Å². The molecule has 2 aromatic heterocycles. The normalized spacial score (nSPS) is 12.1.